The van der Waals surface area contributed by atoms with Gasteiger partial charge in [-0.3, -0.25) is 4.79 Å². The van der Waals surface area contributed by atoms with Crippen LogP contribution in [-0.2, 0) is 22.6 Å². The van der Waals surface area contributed by atoms with Crippen molar-refractivity contribution in [2.24, 2.45) is 0 Å². The predicted molar refractivity (Wildman–Crippen MR) is 82.4 cm³/mol. The Morgan fingerprint density at radius 2 is 1.67 bits per heavy atom. The maximum Gasteiger partial charge on any atom is 0.158 e. The molecule has 2 aromatic rings. The molecule has 0 N–H and O–H groups in total. The average Bonchev–Trinajstić information content (AvgIpc) is 2.52. The molecule has 1 atom stereocenters. The van der Waals surface area contributed by atoms with E-state index in [0.29, 0.717) is 13.0 Å². The van der Waals surface area contributed by atoms with Crippen LogP contribution in [0.1, 0.15) is 18.1 Å². The van der Waals surface area contributed by atoms with E-state index in [0.717, 1.165) is 16.9 Å². The topological polar surface area (TPSA) is 35.5 Å². The summed E-state index contributed by atoms with van der Waals surface area (Å²) in [6, 6.07) is 17.8. The SMILES string of the molecule is COC(Cc1ccc(OCc2ccccc2)cc1)C(C)=O. The molecule has 0 fully saturated rings. The highest BCUT2D eigenvalue weighted by atomic mass is 16.5. The maximum atomic E-state index is 11.4. The van der Waals surface area contributed by atoms with Gasteiger partial charge in [-0.1, -0.05) is 42.5 Å². The molecule has 110 valence electrons. The first kappa shape index (κ1) is 15.3. The first-order valence-corrected chi connectivity index (χ1v) is 6.98. The van der Waals surface area contributed by atoms with Gasteiger partial charge in [0.2, 0.25) is 0 Å². The van der Waals surface area contributed by atoms with E-state index in [2.05, 4.69) is 0 Å². The Morgan fingerprint density at radius 1 is 1.00 bits per heavy atom. The van der Waals surface area contributed by atoms with Crippen molar-refractivity contribution in [3.05, 3.63) is 65.7 Å². The normalized spacial score (nSPS) is 11.9. The number of rotatable bonds is 7. The van der Waals surface area contributed by atoms with Crippen LogP contribution < -0.4 is 4.74 Å². The fourth-order valence-corrected chi connectivity index (χ4v) is 2.07. The summed E-state index contributed by atoms with van der Waals surface area (Å²) in [5.74, 6) is 0.862. The van der Waals surface area contributed by atoms with E-state index in [4.69, 9.17) is 9.47 Å². The van der Waals surface area contributed by atoms with E-state index in [1.807, 2.05) is 54.6 Å². The molecule has 2 rings (SSSR count). The number of hydrogen-bond acceptors (Lipinski definition) is 3. The Bertz CT molecular complexity index is 561. The van der Waals surface area contributed by atoms with Gasteiger partial charge in [-0.05, 0) is 30.2 Å². The molecule has 0 radical (unpaired) electrons. The third-order valence-corrected chi connectivity index (χ3v) is 3.33. The van der Waals surface area contributed by atoms with Gasteiger partial charge in [0, 0.05) is 13.5 Å². The number of carbonyl (C=O) groups excluding carboxylic acids is 1. The molecule has 3 heteroatoms. The Hall–Kier alpha value is -2.13. The zero-order chi connectivity index (χ0) is 15.1. The van der Waals surface area contributed by atoms with Gasteiger partial charge in [-0.2, -0.15) is 0 Å². The minimum Gasteiger partial charge on any atom is -0.489 e. The lowest BCUT2D eigenvalue weighted by Crippen LogP contribution is -2.22. The fourth-order valence-electron chi connectivity index (χ4n) is 2.07. The first-order chi connectivity index (χ1) is 10.2. The summed E-state index contributed by atoms with van der Waals surface area (Å²) < 4.78 is 10.9. The molecule has 1 unspecified atom stereocenters. The second kappa shape index (κ2) is 7.60. The van der Waals surface area contributed by atoms with E-state index in [1.54, 1.807) is 14.0 Å². The largest absolute Gasteiger partial charge is 0.489 e. The van der Waals surface area contributed by atoms with Crippen molar-refractivity contribution >= 4 is 5.78 Å². The molecule has 0 aliphatic heterocycles. The lowest BCUT2D eigenvalue weighted by atomic mass is 10.1. The summed E-state index contributed by atoms with van der Waals surface area (Å²) in [6.45, 7) is 2.10. The molecule has 0 bridgehead atoms. The van der Waals surface area contributed by atoms with Gasteiger partial charge in [0.1, 0.15) is 18.5 Å². The summed E-state index contributed by atoms with van der Waals surface area (Å²) in [5.41, 5.74) is 2.20. The van der Waals surface area contributed by atoms with Crippen LogP contribution in [-0.4, -0.2) is 19.0 Å². The van der Waals surface area contributed by atoms with Crippen LogP contribution in [0.3, 0.4) is 0 Å². The molecule has 0 aromatic heterocycles. The smallest absolute Gasteiger partial charge is 0.158 e. The quantitative estimate of drug-likeness (QED) is 0.781. The fraction of sp³-hybridized carbons (Fsp3) is 0.278. The Kier molecular flexibility index (Phi) is 5.52. The second-order valence-electron chi connectivity index (χ2n) is 4.96. The van der Waals surface area contributed by atoms with Crippen molar-refractivity contribution in [3.63, 3.8) is 0 Å². The Labute approximate surface area is 125 Å². The summed E-state index contributed by atoms with van der Waals surface area (Å²) in [5, 5.41) is 0. The van der Waals surface area contributed by atoms with Crippen LogP contribution in [0.2, 0.25) is 0 Å². The lowest BCUT2D eigenvalue weighted by molar-refractivity contribution is -0.126. The molecule has 0 aliphatic carbocycles. The average molecular weight is 284 g/mol. The third-order valence-electron chi connectivity index (χ3n) is 3.33. The highest BCUT2D eigenvalue weighted by molar-refractivity contribution is 5.80. The van der Waals surface area contributed by atoms with Crippen molar-refractivity contribution in [2.75, 3.05) is 7.11 Å². The summed E-state index contributed by atoms with van der Waals surface area (Å²) >= 11 is 0. The minimum absolute atomic E-state index is 0.0434. The van der Waals surface area contributed by atoms with Crippen molar-refractivity contribution in [3.8, 4) is 5.75 Å². The van der Waals surface area contributed by atoms with Crippen LogP contribution in [0, 0.1) is 0 Å². The zero-order valence-electron chi connectivity index (χ0n) is 12.4. The number of carbonyl (C=O) groups is 1. The summed E-state index contributed by atoms with van der Waals surface area (Å²) in [4.78, 5) is 11.4. The molecular weight excluding hydrogens is 264 g/mol. The number of benzene rings is 2. The molecule has 21 heavy (non-hydrogen) atoms. The van der Waals surface area contributed by atoms with Crippen LogP contribution in [0.4, 0.5) is 0 Å². The number of Topliss-reactive ketones (excluding diaryl/α,β-unsaturated/α-hetero) is 1. The van der Waals surface area contributed by atoms with Crippen LogP contribution in [0.25, 0.3) is 0 Å². The standard InChI is InChI=1S/C18H20O3/c1-14(19)18(20-2)12-15-8-10-17(11-9-15)21-13-16-6-4-3-5-7-16/h3-11,18H,12-13H2,1-2H3. The maximum absolute atomic E-state index is 11.4. The lowest BCUT2D eigenvalue weighted by Gasteiger charge is -2.12. The van der Waals surface area contributed by atoms with E-state index in [9.17, 15) is 4.79 Å². The van der Waals surface area contributed by atoms with Crippen LogP contribution >= 0.6 is 0 Å². The van der Waals surface area contributed by atoms with Crippen molar-refractivity contribution in [1.29, 1.82) is 0 Å². The van der Waals surface area contributed by atoms with Crippen molar-refractivity contribution < 1.29 is 14.3 Å². The molecule has 0 amide bonds. The molecule has 0 saturated carbocycles. The predicted octanol–water partition coefficient (Wildman–Crippen LogP) is 3.41. The Balaban J connectivity index is 1.91. The van der Waals surface area contributed by atoms with E-state index < -0.39 is 0 Å². The number of ketones is 1. The van der Waals surface area contributed by atoms with Gasteiger partial charge in [-0.25, -0.2) is 0 Å². The van der Waals surface area contributed by atoms with E-state index in [-0.39, 0.29) is 11.9 Å². The van der Waals surface area contributed by atoms with Crippen molar-refractivity contribution in [2.45, 2.75) is 26.1 Å². The molecule has 0 saturated heterocycles. The van der Waals surface area contributed by atoms with Crippen LogP contribution in [0.15, 0.2) is 54.6 Å². The van der Waals surface area contributed by atoms with Gasteiger partial charge in [-0.15, -0.1) is 0 Å². The van der Waals surface area contributed by atoms with E-state index >= 15 is 0 Å². The zero-order valence-corrected chi connectivity index (χ0v) is 12.4. The number of hydrogen-bond donors (Lipinski definition) is 0. The van der Waals surface area contributed by atoms with Gasteiger partial charge in [0.05, 0.1) is 0 Å². The highest BCUT2D eigenvalue weighted by Gasteiger charge is 2.13. The summed E-state index contributed by atoms with van der Waals surface area (Å²) in [7, 11) is 1.56. The first-order valence-electron chi connectivity index (χ1n) is 6.98. The van der Waals surface area contributed by atoms with Gasteiger partial charge in [0.25, 0.3) is 0 Å². The highest BCUT2D eigenvalue weighted by Crippen LogP contribution is 2.16. The Morgan fingerprint density at radius 3 is 2.24 bits per heavy atom. The van der Waals surface area contributed by atoms with Gasteiger partial charge in [0.15, 0.2) is 5.78 Å². The van der Waals surface area contributed by atoms with Crippen molar-refractivity contribution in [1.82, 2.24) is 0 Å². The molecular formula is C18H20O3. The summed E-state index contributed by atoms with van der Waals surface area (Å²) in [6.07, 6.45) is 0.214. The van der Waals surface area contributed by atoms with Crippen LogP contribution in [0.5, 0.6) is 5.75 Å². The van der Waals surface area contributed by atoms with Gasteiger partial charge >= 0.3 is 0 Å². The number of ether oxygens (including phenoxy) is 2. The van der Waals surface area contributed by atoms with Gasteiger partial charge < -0.3 is 9.47 Å². The number of methoxy groups -OCH3 is 1. The van der Waals surface area contributed by atoms with E-state index in [1.165, 1.54) is 0 Å². The molecule has 0 heterocycles. The molecule has 0 spiro atoms. The minimum atomic E-state index is -0.374. The monoisotopic (exact) mass is 284 g/mol. The second-order valence-corrected chi connectivity index (χ2v) is 4.96. The molecule has 0 aliphatic rings. The third kappa shape index (κ3) is 4.72. The molecule has 3 nitrogen and oxygen atoms in total. The molecule has 2 aromatic carbocycles.